The van der Waals surface area contributed by atoms with Crippen molar-refractivity contribution in [2.45, 2.75) is 13.0 Å². The first-order chi connectivity index (χ1) is 11.2. The van der Waals surface area contributed by atoms with Crippen molar-refractivity contribution in [2.24, 2.45) is 0 Å². The summed E-state index contributed by atoms with van der Waals surface area (Å²) in [5.74, 6) is 0.00775. The van der Waals surface area contributed by atoms with Crippen LogP contribution < -0.4 is 0 Å². The standard InChI is InChI=1S/C19H19N3O/c1-15(16-7-4-3-5-8-16)21(2)19(23)17-9-11-18(12-10-17)22-14-6-13-20-22/h3-15H,1-2H3/t15-/m1/s1. The maximum atomic E-state index is 12.7. The molecule has 0 N–H and O–H groups in total. The first kappa shape index (κ1) is 15.0. The van der Waals surface area contributed by atoms with E-state index in [1.807, 2.05) is 80.8 Å². The molecule has 0 saturated heterocycles. The van der Waals surface area contributed by atoms with Gasteiger partial charge < -0.3 is 4.90 Å². The summed E-state index contributed by atoms with van der Waals surface area (Å²) in [6, 6.07) is 19.4. The predicted octanol–water partition coefficient (Wildman–Crippen LogP) is 3.71. The second-order valence-corrected chi connectivity index (χ2v) is 5.50. The molecule has 4 nitrogen and oxygen atoms in total. The van der Waals surface area contributed by atoms with Crippen LogP contribution in [-0.4, -0.2) is 27.6 Å². The molecule has 1 heterocycles. The molecular weight excluding hydrogens is 286 g/mol. The third-order valence-corrected chi connectivity index (χ3v) is 4.07. The molecule has 2 aromatic carbocycles. The van der Waals surface area contributed by atoms with Crippen molar-refractivity contribution < 1.29 is 4.79 Å². The summed E-state index contributed by atoms with van der Waals surface area (Å²) in [6.07, 6.45) is 3.61. The van der Waals surface area contributed by atoms with E-state index in [0.29, 0.717) is 5.56 Å². The highest BCUT2D eigenvalue weighted by Crippen LogP contribution is 2.20. The Morgan fingerprint density at radius 2 is 1.74 bits per heavy atom. The number of rotatable bonds is 4. The van der Waals surface area contributed by atoms with Crippen LogP contribution >= 0.6 is 0 Å². The maximum Gasteiger partial charge on any atom is 0.254 e. The molecule has 3 rings (SSSR count). The Balaban J connectivity index is 1.77. The van der Waals surface area contributed by atoms with E-state index in [9.17, 15) is 4.79 Å². The summed E-state index contributed by atoms with van der Waals surface area (Å²) in [7, 11) is 1.83. The van der Waals surface area contributed by atoms with Gasteiger partial charge in [-0.1, -0.05) is 30.3 Å². The van der Waals surface area contributed by atoms with Crippen molar-refractivity contribution in [3.05, 3.63) is 84.2 Å². The third-order valence-electron chi connectivity index (χ3n) is 4.07. The second-order valence-electron chi connectivity index (χ2n) is 5.50. The van der Waals surface area contributed by atoms with Gasteiger partial charge in [-0.2, -0.15) is 5.10 Å². The van der Waals surface area contributed by atoms with Crippen LogP contribution in [0.1, 0.15) is 28.9 Å². The number of nitrogens with zero attached hydrogens (tertiary/aromatic N) is 3. The van der Waals surface area contributed by atoms with Crippen molar-refractivity contribution in [3.8, 4) is 5.69 Å². The minimum Gasteiger partial charge on any atom is -0.335 e. The predicted molar refractivity (Wildman–Crippen MR) is 90.5 cm³/mol. The van der Waals surface area contributed by atoms with Gasteiger partial charge in [0.1, 0.15) is 0 Å². The van der Waals surface area contributed by atoms with E-state index in [1.54, 1.807) is 15.8 Å². The summed E-state index contributed by atoms with van der Waals surface area (Å²) in [5, 5.41) is 4.19. The van der Waals surface area contributed by atoms with Crippen molar-refractivity contribution in [3.63, 3.8) is 0 Å². The van der Waals surface area contributed by atoms with Gasteiger partial charge in [-0.3, -0.25) is 4.79 Å². The highest BCUT2D eigenvalue weighted by Gasteiger charge is 2.18. The molecule has 4 heteroatoms. The van der Waals surface area contributed by atoms with E-state index < -0.39 is 0 Å². The zero-order valence-electron chi connectivity index (χ0n) is 13.3. The Hall–Kier alpha value is -2.88. The summed E-state index contributed by atoms with van der Waals surface area (Å²) in [4.78, 5) is 14.4. The largest absolute Gasteiger partial charge is 0.335 e. The first-order valence-electron chi connectivity index (χ1n) is 7.59. The lowest BCUT2D eigenvalue weighted by atomic mass is 10.1. The summed E-state index contributed by atoms with van der Waals surface area (Å²) in [6.45, 7) is 2.03. The lowest BCUT2D eigenvalue weighted by molar-refractivity contribution is 0.0742. The van der Waals surface area contributed by atoms with Crippen molar-refractivity contribution >= 4 is 5.91 Å². The van der Waals surface area contributed by atoms with E-state index >= 15 is 0 Å². The Kier molecular flexibility index (Phi) is 4.24. The average Bonchev–Trinajstić information content (AvgIpc) is 3.15. The van der Waals surface area contributed by atoms with E-state index in [0.717, 1.165) is 11.3 Å². The van der Waals surface area contributed by atoms with Gasteiger partial charge >= 0.3 is 0 Å². The fourth-order valence-corrected chi connectivity index (χ4v) is 2.51. The van der Waals surface area contributed by atoms with Crippen molar-refractivity contribution in [2.75, 3.05) is 7.05 Å². The molecule has 0 aliphatic rings. The topological polar surface area (TPSA) is 38.1 Å². The van der Waals surface area contributed by atoms with E-state index in [1.165, 1.54) is 0 Å². The number of aromatic nitrogens is 2. The van der Waals surface area contributed by atoms with Crippen LogP contribution in [0.25, 0.3) is 5.69 Å². The number of hydrogen-bond acceptors (Lipinski definition) is 2. The summed E-state index contributed by atoms with van der Waals surface area (Å²) in [5.41, 5.74) is 2.73. The molecule has 1 aromatic heterocycles. The Bertz CT molecular complexity index is 764. The lowest BCUT2D eigenvalue weighted by Gasteiger charge is -2.25. The van der Waals surface area contributed by atoms with Crippen LogP contribution in [0.2, 0.25) is 0 Å². The number of carbonyl (C=O) groups excluding carboxylic acids is 1. The fourth-order valence-electron chi connectivity index (χ4n) is 2.51. The highest BCUT2D eigenvalue weighted by atomic mass is 16.2. The van der Waals surface area contributed by atoms with Crippen molar-refractivity contribution in [1.82, 2.24) is 14.7 Å². The third kappa shape index (κ3) is 3.16. The van der Waals surface area contributed by atoms with Gasteiger partial charge in [0.25, 0.3) is 5.91 Å². The van der Waals surface area contributed by atoms with Crippen molar-refractivity contribution in [1.29, 1.82) is 0 Å². The molecule has 0 aliphatic heterocycles. The van der Waals surface area contributed by atoms with E-state index in [-0.39, 0.29) is 11.9 Å². The SMILES string of the molecule is C[C@H](c1ccccc1)N(C)C(=O)c1ccc(-n2cccn2)cc1. The lowest BCUT2D eigenvalue weighted by Crippen LogP contribution is -2.29. The molecule has 0 bridgehead atoms. The fraction of sp³-hybridized carbons (Fsp3) is 0.158. The number of amides is 1. The summed E-state index contributed by atoms with van der Waals surface area (Å²) < 4.78 is 1.77. The van der Waals surface area contributed by atoms with Gasteiger partial charge in [-0.15, -0.1) is 0 Å². The van der Waals surface area contributed by atoms with Crippen LogP contribution in [0.15, 0.2) is 73.1 Å². The number of benzene rings is 2. The highest BCUT2D eigenvalue weighted by molar-refractivity contribution is 5.94. The number of carbonyl (C=O) groups is 1. The monoisotopic (exact) mass is 305 g/mol. The zero-order valence-corrected chi connectivity index (χ0v) is 13.3. The molecule has 1 atom stereocenters. The molecule has 0 aliphatic carbocycles. The Labute approximate surface area is 136 Å². The zero-order chi connectivity index (χ0) is 16.2. The molecule has 0 fully saturated rings. The minimum atomic E-state index is 0.00775. The smallest absolute Gasteiger partial charge is 0.254 e. The molecule has 0 unspecified atom stereocenters. The number of hydrogen-bond donors (Lipinski definition) is 0. The van der Waals surface area contributed by atoms with Gasteiger partial charge in [0.2, 0.25) is 0 Å². The summed E-state index contributed by atoms with van der Waals surface area (Å²) >= 11 is 0. The maximum absolute atomic E-state index is 12.7. The van der Waals surface area contributed by atoms with Crippen LogP contribution in [0.5, 0.6) is 0 Å². The van der Waals surface area contributed by atoms with Gasteiger partial charge in [0.05, 0.1) is 11.7 Å². The Morgan fingerprint density at radius 3 is 2.35 bits per heavy atom. The van der Waals surface area contributed by atoms with Crippen LogP contribution in [0.3, 0.4) is 0 Å². The van der Waals surface area contributed by atoms with Gasteiger partial charge in [0, 0.05) is 25.0 Å². The average molecular weight is 305 g/mol. The normalized spacial score (nSPS) is 11.9. The van der Waals surface area contributed by atoms with E-state index in [2.05, 4.69) is 5.10 Å². The quantitative estimate of drug-likeness (QED) is 0.737. The molecule has 23 heavy (non-hydrogen) atoms. The molecule has 0 spiro atoms. The van der Waals surface area contributed by atoms with Gasteiger partial charge in [-0.05, 0) is 42.8 Å². The molecular formula is C19H19N3O. The molecule has 116 valence electrons. The minimum absolute atomic E-state index is 0.00775. The molecule has 0 saturated carbocycles. The molecule has 0 radical (unpaired) electrons. The Morgan fingerprint density at radius 1 is 1.04 bits per heavy atom. The second kappa shape index (κ2) is 6.48. The molecule has 1 amide bonds. The van der Waals surface area contributed by atoms with Crippen LogP contribution in [-0.2, 0) is 0 Å². The van der Waals surface area contributed by atoms with Gasteiger partial charge in [-0.25, -0.2) is 4.68 Å². The van der Waals surface area contributed by atoms with Crippen LogP contribution in [0, 0.1) is 0 Å². The molecule has 3 aromatic rings. The first-order valence-corrected chi connectivity index (χ1v) is 7.59. The van der Waals surface area contributed by atoms with E-state index in [4.69, 9.17) is 0 Å². The van der Waals surface area contributed by atoms with Gasteiger partial charge in [0.15, 0.2) is 0 Å². The van der Waals surface area contributed by atoms with Crippen LogP contribution in [0.4, 0.5) is 0 Å².